The molecule has 1 rings (SSSR count). The molecule has 0 aromatic carbocycles. The molecule has 0 bridgehead atoms. The summed E-state index contributed by atoms with van der Waals surface area (Å²) in [6.07, 6.45) is 3.92. The molecule has 3 nitrogen and oxygen atoms in total. The lowest BCUT2D eigenvalue weighted by Gasteiger charge is -2.13. The van der Waals surface area contributed by atoms with Gasteiger partial charge in [0.15, 0.2) is 0 Å². The van der Waals surface area contributed by atoms with Gasteiger partial charge in [0, 0.05) is 32.1 Å². The van der Waals surface area contributed by atoms with Gasteiger partial charge in [-0.25, -0.2) is 0 Å². The van der Waals surface area contributed by atoms with Gasteiger partial charge >= 0.3 is 0 Å². The normalized spacial score (nSPS) is 23.7. The van der Waals surface area contributed by atoms with E-state index in [1.165, 1.54) is 6.42 Å². The fraction of sp³-hybridized carbons (Fsp3) is 0.909. The summed E-state index contributed by atoms with van der Waals surface area (Å²) in [7, 11) is 1.68. The molecule has 0 aromatic heterocycles. The van der Waals surface area contributed by atoms with Crippen LogP contribution in [0.3, 0.4) is 0 Å². The van der Waals surface area contributed by atoms with Gasteiger partial charge in [0.05, 0.1) is 0 Å². The summed E-state index contributed by atoms with van der Waals surface area (Å²) in [4.78, 5) is 11.7. The van der Waals surface area contributed by atoms with Crippen LogP contribution in [0.4, 0.5) is 0 Å². The maximum atomic E-state index is 11.7. The summed E-state index contributed by atoms with van der Waals surface area (Å²) in [6, 6.07) is 0.437. The smallest absolute Gasteiger partial charge is 0.137 e. The van der Waals surface area contributed by atoms with Gasteiger partial charge in [-0.1, -0.05) is 6.92 Å². The standard InChI is InChI=1S/C11H21NO2/c1-9(5-7-14-2)11(13)8-10-4-3-6-12-10/h9-10,12H,3-8H2,1-2H3. The molecular weight excluding hydrogens is 178 g/mol. The van der Waals surface area contributed by atoms with E-state index in [2.05, 4.69) is 5.32 Å². The summed E-state index contributed by atoms with van der Waals surface area (Å²) < 4.78 is 4.96. The molecule has 0 aliphatic carbocycles. The fourth-order valence-corrected chi connectivity index (χ4v) is 1.83. The van der Waals surface area contributed by atoms with Gasteiger partial charge in [-0.05, 0) is 25.8 Å². The van der Waals surface area contributed by atoms with Crippen LogP contribution in [-0.2, 0) is 9.53 Å². The number of nitrogens with one attached hydrogen (secondary N) is 1. The highest BCUT2D eigenvalue weighted by molar-refractivity contribution is 5.81. The Hall–Kier alpha value is -0.410. The van der Waals surface area contributed by atoms with Crippen molar-refractivity contribution in [2.24, 2.45) is 5.92 Å². The third-order valence-electron chi connectivity index (χ3n) is 2.91. The van der Waals surface area contributed by atoms with Crippen molar-refractivity contribution in [3.05, 3.63) is 0 Å². The van der Waals surface area contributed by atoms with E-state index >= 15 is 0 Å². The van der Waals surface area contributed by atoms with Crippen molar-refractivity contribution in [1.82, 2.24) is 5.32 Å². The van der Waals surface area contributed by atoms with Crippen molar-refractivity contribution in [2.45, 2.75) is 38.6 Å². The molecule has 1 saturated heterocycles. The SMILES string of the molecule is COCCC(C)C(=O)CC1CCCN1. The largest absolute Gasteiger partial charge is 0.385 e. The highest BCUT2D eigenvalue weighted by atomic mass is 16.5. The lowest BCUT2D eigenvalue weighted by Crippen LogP contribution is -2.27. The fourth-order valence-electron chi connectivity index (χ4n) is 1.83. The maximum Gasteiger partial charge on any atom is 0.137 e. The zero-order valence-corrected chi connectivity index (χ0v) is 9.21. The number of carbonyl (C=O) groups excluding carboxylic acids is 1. The van der Waals surface area contributed by atoms with Crippen molar-refractivity contribution in [3.63, 3.8) is 0 Å². The molecule has 0 aromatic rings. The predicted molar refractivity (Wildman–Crippen MR) is 56.3 cm³/mol. The minimum atomic E-state index is 0.150. The minimum Gasteiger partial charge on any atom is -0.385 e. The van der Waals surface area contributed by atoms with E-state index in [1.54, 1.807) is 7.11 Å². The second-order valence-electron chi connectivity index (χ2n) is 4.15. The van der Waals surface area contributed by atoms with Crippen LogP contribution in [0.5, 0.6) is 0 Å². The van der Waals surface area contributed by atoms with Crippen molar-refractivity contribution in [1.29, 1.82) is 0 Å². The van der Waals surface area contributed by atoms with E-state index in [9.17, 15) is 4.79 Å². The second-order valence-corrected chi connectivity index (χ2v) is 4.15. The van der Waals surface area contributed by atoms with Gasteiger partial charge in [-0.2, -0.15) is 0 Å². The Morgan fingerprint density at radius 2 is 2.43 bits per heavy atom. The van der Waals surface area contributed by atoms with Crippen LogP contribution < -0.4 is 5.32 Å². The van der Waals surface area contributed by atoms with Crippen LogP contribution in [0.25, 0.3) is 0 Å². The monoisotopic (exact) mass is 199 g/mol. The zero-order chi connectivity index (χ0) is 10.4. The van der Waals surface area contributed by atoms with Crippen molar-refractivity contribution >= 4 is 5.78 Å². The maximum absolute atomic E-state index is 11.7. The topological polar surface area (TPSA) is 38.3 Å². The van der Waals surface area contributed by atoms with Crippen LogP contribution in [0, 0.1) is 5.92 Å². The van der Waals surface area contributed by atoms with Crippen LogP contribution in [0.15, 0.2) is 0 Å². The molecule has 2 atom stereocenters. The van der Waals surface area contributed by atoms with Crippen LogP contribution in [0.1, 0.15) is 32.6 Å². The molecule has 14 heavy (non-hydrogen) atoms. The number of carbonyl (C=O) groups is 1. The molecule has 0 saturated carbocycles. The number of hydrogen-bond donors (Lipinski definition) is 1. The number of methoxy groups -OCH3 is 1. The number of Topliss-reactive ketones (excluding diaryl/α,β-unsaturated/α-hetero) is 1. The predicted octanol–water partition coefficient (Wildman–Crippen LogP) is 1.37. The zero-order valence-electron chi connectivity index (χ0n) is 9.21. The van der Waals surface area contributed by atoms with Gasteiger partial charge < -0.3 is 10.1 Å². The van der Waals surface area contributed by atoms with E-state index < -0.39 is 0 Å². The lowest BCUT2D eigenvalue weighted by molar-refractivity contribution is -0.123. The van der Waals surface area contributed by atoms with Crippen molar-refractivity contribution < 1.29 is 9.53 Å². The lowest BCUT2D eigenvalue weighted by atomic mass is 9.97. The summed E-state index contributed by atoms with van der Waals surface area (Å²) in [5.41, 5.74) is 0. The van der Waals surface area contributed by atoms with Gasteiger partial charge in [0.2, 0.25) is 0 Å². The highest BCUT2D eigenvalue weighted by Gasteiger charge is 2.20. The summed E-state index contributed by atoms with van der Waals surface area (Å²) in [5.74, 6) is 0.527. The Bertz CT molecular complexity index is 176. The van der Waals surface area contributed by atoms with Gasteiger partial charge in [-0.3, -0.25) is 4.79 Å². The molecule has 82 valence electrons. The van der Waals surface area contributed by atoms with Gasteiger partial charge in [0.1, 0.15) is 5.78 Å². The number of rotatable bonds is 6. The van der Waals surface area contributed by atoms with E-state index in [0.717, 1.165) is 19.4 Å². The first-order valence-corrected chi connectivity index (χ1v) is 5.49. The molecule has 2 unspecified atom stereocenters. The third kappa shape index (κ3) is 3.76. The molecule has 0 spiro atoms. The average Bonchev–Trinajstić information content (AvgIpc) is 2.66. The first-order chi connectivity index (χ1) is 6.74. The molecule has 1 N–H and O–H groups in total. The molecule has 3 heteroatoms. The van der Waals surface area contributed by atoms with E-state index in [4.69, 9.17) is 4.74 Å². The first-order valence-electron chi connectivity index (χ1n) is 5.49. The average molecular weight is 199 g/mol. The number of hydrogen-bond acceptors (Lipinski definition) is 3. The van der Waals surface area contributed by atoms with Crippen molar-refractivity contribution in [2.75, 3.05) is 20.3 Å². The van der Waals surface area contributed by atoms with Gasteiger partial charge in [-0.15, -0.1) is 0 Å². The van der Waals surface area contributed by atoms with E-state index in [0.29, 0.717) is 24.9 Å². The van der Waals surface area contributed by atoms with E-state index in [1.807, 2.05) is 6.92 Å². The Balaban J connectivity index is 2.18. The summed E-state index contributed by atoms with van der Waals surface area (Å²) in [5, 5.41) is 3.35. The molecule has 1 heterocycles. The third-order valence-corrected chi connectivity index (χ3v) is 2.91. The molecule has 0 radical (unpaired) electrons. The Morgan fingerprint density at radius 3 is 3.00 bits per heavy atom. The summed E-state index contributed by atoms with van der Waals surface area (Å²) >= 11 is 0. The molecule has 1 aliphatic heterocycles. The number of ketones is 1. The van der Waals surface area contributed by atoms with Gasteiger partial charge in [0.25, 0.3) is 0 Å². The molecular formula is C11H21NO2. The van der Waals surface area contributed by atoms with Crippen molar-refractivity contribution in [3.8, 4) is 0 Å². The molecule has 1 aliphatic rings. The Morgan fingerprint density at radius 1 is 1.64 bits per heavy atom. The second kappa shape index (κ2) is 6.14. The van der Waals surface area contributed by atoms with Crippen LogP contribution >= 0.6 is 0 Å². The molecule has 0 amide bonds. The quantitative estimate of drug-likeness (QED) is 0.702. The molecule has 1 fully saturated rings. The Labute approximate surface area is 86.2 Å². The summed E-state index contributed by atoms with van der Waals surface area (Å²) in [6.45, 7) is 3.76. The Kier molecular flexibility index (Phi) is 5.12. The minimum absolute atomic E-state index is 0.150. The van der Waals surface area contributed by atoms with Crippen LogP contribution in [-0.4, -0.2) is 32.1 Å². The first kappa shape index (κ1) is 11.7. The van der Waals surface area contributed by atoms with Crippen LogP contribution in [0.2, 0.25) is 0 Å². The highest BCUT2D eigenvalue weighted by Crippen LogP contribution is 2.14. The van der Waals surface area contributed by atoms with E-state index in [-0.39, 0.29) is 5.92 Å². The number of ether oxygens (including phenoxy) is 1.